The molecule has 0 spiro atoms. The lowest BCUT2D eigenvalue weighted by atomic mass is 10.1. The lowest BCUT2D eigenvalue weighted by Gasteiger charge is -2.20. The Balaban J connectivity index is 2.40. The molecule has 0 fully saturated rings. The summed E-state index contributed by atoms with van der Waals surface area (Å²) in [5.74, 6) is -0.438. The summed E-state index contributed by atoms with van der Waals surface area (Å²) in [7, 11) is 0. The Morgan fingerprint density at radius 1 is 1.37 bits per heavy atom. The summed E-state index contributed by atoms with van der Waals surface area (Å²) in [5, 5.41) is 5.79. The molecule has 0 saturated carbocycles. The van der Waals surface area contributed by atoms with Crippen molar-refractivity contribution in [2.24, 2.45) is 0 Å². The molecular formula is C13H18ClN3O2. The molecule has 0 radical (unpaired) electrons. The first-order valence-electron chi connectivity index (χ1n) is 5.98. The van der Waals surface area contributed by atoms with Crippen molar-refractivity contribution in [3.63, 3.8) is 0 Å². The Kier molecular flexibility index (Phi) is 5.30. The third-order valence-electron chi connectivity index (χ3n) is 2.16. The van der Waals surface area contributed by atoms with Crippen molar-refractivity contribution in [1.82, 2.24) is 15.6 Å². The van der Waals surface area contributed by atoms with Gasteiger partial charge in [0.25, 0.3) is 5.91 Å². The minimum Gasteiger partial charge on any atom is -0.351 e. The fourth-order valence-electron chi connectivity index (χ4n) is 1.41. The van der Waals surface area contributed by atoms with Gasteiger partial charge >= 0.3 is 0 Å². The topological polar surface area (TPSA) is 71.1 Å². The second-order valence-electron chi connectivity index (χ2n) is 5.16. The number of halogens is 1. The molecule has 0 unspecified atom stereocenters. The maximum Gasteiger partial charge on any atom is 0.254 e. The largest absolute Gasteiger partial charge is 0.351 e. The van der Waals surface area contributed by atoms with Crippen molar-refractivity contribution < 1.29 is 9.59 Å². The van der Waals surface area contributed by atoms with Gasteiger partial charge in [0.05, 0.1) is 10.6 Å². The van der Waals surface area contributed by atoms with Crippen LogP contribution in [0.2, 0.25) is 5.02 Å². The molecule has 2 N–H and O–H groups in total. The van der Waals surface area contributed by atoms with Crippen LogP contribution in [0, 0.1) is 0 Å². The van der Waals surface area contributed by atoms with Crippen LogP contribution >= 0.6 is 11.6 Å². The van der Waals surface area contributed by atoms with Crippen LogP contribution in [-0.4, -0.2) is 28.9 Å². The summed E-state index contributed by atoms with van der Waals surface area (Å²) in [6.45, 7) is 5.96. The van der Waals surface area contributed by atoms with E-state index in [9.17, 15) is 9.59 Å². The van der Waals surface area contributed by atoms with Gasteiger partial charge in [-0.2, -0.15) is 0 Å². The standard InChI is InChI=1S/C13H18ClN3O2/c1-13(2,3)17-11(18)5-7-16-12(19)9-8-15-6-4-10(9)14/h4,6,8H,5,7H2,1-3H3,(H,16,19)(H,17,18). The molecule has 0 aliphatic carbocycles. The van der Waals surface area contributed by atoms with E-state index < -0.39 is 0 Å². The zero-order chi connectivity index (χ0) is 14.5. The van der Waals surface area contributed by atoms with E-state index in [-0.39, 0.29) is 30.3 Å². The van der Waals surface area contributed by atoms with E-state index in [1.54, 1.807) is 6.07 Å². The summed E-state index contributed by atoms with van der Waals surface area (Å²) in [6.07, 6.45) is 3.13. The van der Waals surface area contributed by atoms with E-state index in [2.05, 4.69) is 15.6 Å². The monoisotopic (exact) mass is 283 g/mol. The molecule has 1 heterocycles. The van der Waals surface area contributed by atoms with Crippen LogP contribution in [0.1, 0.15) is 37.6 Å². The molecule has 19 heavy (non-hydrogen) atoms. The summed E-state index contributed by atoms with van der Waals surface area (Å²) in [4.78, 5) is 27.1. The molecule has 104 valence electrons. The molecule has 1 aromatic heterocycles. The summed E-state index contributed by atoms with van der Waals surface area (Å²) < 4.78 is 0. The lowest BCUT2D eigenvalue weighted by molar-refractivity contribution is -0.122. The van der Waals surface area contributed by atoms with Gasteiger partial charge in [-0.25, -0.2) is 0 Å². The van der Waals surface area contributed by atoms with Gasteiger partial charge in [0.2, 0.25) is 5.91 Å². The van der Waals surface area contributed by atoms with Crippen LogP contribution in [0.15, 0.2) is 18.5 Å². The van der Waals surface area contributed by atoms with E-state index in [1.165, 1.54) is 12.4 Å². The number of amides is 2. The number of hydrogen-bond acceptors (Lipinski definition) is 3. The van der Waals surface area contributed by atoms with E-state index in [4.69, 9.17) is 11.6 Å². The Morgan fingerprint density at radius 3 is 2.63 bits per heavy atom. The van der Waals surface area contributed by atoms with Crippen LogP contribution in [0.4, 0.5) is 0 Å². The van der Waals surface area contributed by atoms with Gasteiger partial charge < -0.3 is 10.6 Å². The summed E-state index contributed by atoms with van der Waals surface area (Å²) in [6, 6.07) is 1.54. The fourth-order valence-corrected chi connectivity index (χ4v) is 1.60. The normalized spacial score (nSPS) is 10.9. The van der Waals surface area contributed by atoms with Crippen molar-refractivity contribution in [2.45, 2.75) is 32.7 Å². The number of hydrogen-bond donors (Lipinski definition) is 2. The average molecular weight is 284 g/mol. The molecular weight excluding hydrogens is 266 g/mol. The quantitative estimate of drug-likeness (QED) is 0.885. The van der Waals surface area contributed by atoms with Crippen LogP contribution in [0.3, 0.4) is 0 Å². The van der Waals surface area contributed by atoms with Crippen LogP contribution in [-0.2, 0) is 4.79 Å². The van der Waals surface area contributed by atoms with Gasteiger partial charge in [-0.05, 0) is 26.8 Å². The van der Waals surface area contributed by atoms with Crippen molar-refractivity contribution in [3.05, 3.63) is 29.0 Å². The number of carbonyl (C=O) groups excluding carboxylic acids is 2. The molecule has 0 atom stereocenters. The number of nitrogens with zero attached hydrogens (tertiary/aromatic N) is 1. The van der Waals surface area contributed by atoms with Crippen molar-refractivity contribution in [1.29, 1.82) is 0 Å². The highest BCUT2D eigenvalue weighted by Gasteiger charge is 2.14. The highest BCUT2D eigenvalue weighted by atomic mass is 35.5. The van der Waals surface area contributed by atoms with Crippen LogP contribution in [0.5, 0.6) is 0 Å². The van der Waals surface area contributed by atoms with Gasteiger partial charge in [-0.1, -0.05) is 11.6 Å². The SMILES string of the molecule is CC(C)(C)NC(=O)CCNC(=O)c1cnccc1Cl. The fraction of sp³-hybridized carbons (Fsp3) is 0.462. The number of carbonyl (C=O) groups is 2. The molecule has 0 bridgehead atoms. The highest BCUT2D eigenvalue weighted by Crippen LogP contribution is 2.12. The van der Waals surface area contributed by atoms with Gasteiger partial charge in [-0.15, -0.1) is 0 Å². The average Bonchev–Trinajstić information content (AvgIpc) is 2.26. The minimum absolute atomic E-state index is 0.106. The first-order valence-corrected chi connectivity index (χ1v) is 6.36. The Labute approximate surface area is 117 Å². The first-order chi connectivity index (χ1) is 8.79. The van der Waals surface area contributed by atoms with Crippen LogP contribution in [0.25, 0.3) is 0 Å². The third-order valence-corrected chi connectivity index (χ3v) is 2.49. The van der Waals surface area contributed by atoms with E-state index in [0.717, 1.165) is 0 Å². The lowest BCUT2D eigenvalue weighted by Crippen LogP contribution is -2.42. The predicted octanol–water partition coefficient (Wildman–Crippen LogP) is 1.77. The molecule has 1 rings (SSSR count). The number of aromatic nitrogens is 1. The molecule has 6 heteroatoms. The first kappa shape index (κ1) is 15.4. The molecule has 5 nitrogen and oxygen atoms in total. The van der Waals surface area contributed by atoms with Gasteiger partial charge in [-0.3, -0.25) is 14.6 Å². The number of pyridine rings is 1. The van der Waals surface area contributed by atoms with E-state index in [0.29, 0.717) is 10.6 Å². The Morgan fingerprint density at radius 2 is 2.05 bits per heavy atom. The van der Waals surface area contributed by atoms with Gasteiger partial charge in [0.15, 0.2) is 0 Å². The molecule has 2 amide bonds. The predicted molar refractivity (Wildman–Crippen MR) is 74.1 cm³/mol. The third kappa shape index (κ3) is 5.70. The smallest absolute Gasteiger partial charge is 0.254 e. The molecule has 1 aromatic rings. The number of rotatable bonds is 4. The molecule has 0 aromatic carbocycles. The van der Waals surface area contributed by atoms with Crippen molar-refractivity contribution >= 4 is 23.4 Å². The molecule has 0 aliphatic heterocycles. The Hall–Kier alpha value is -1.62. The zero-order valence-electron chi connectivity index (χ0n) is 11.3. The number of nitrogens with one attached hydrogen (secondary N) is 2. The van der Waals surface area contributed by atoms with Gasteiger partial charge in [0.1, 0.15) is 0 Å². The maximum absolute atomic E-state index is 11.8. The summed E-state index contributed by atoms with van der Waals surface area (Å²) in [5.41, 5.74) is 0.0358. The maximum atomic E-state index is 11.8. The second-order valence-corrected chi connectivity index (χ2v) is 5.57. The van der Waals surface area contributed by atoms with Gasteiger partial charge in [0, 0.05) is 30.9 Å². The molecule has 0 aliphatic rings. The highest BCUT2D eigenvalue weighted by molar-refractivity contribution is 6.33. The summed E-state index contributed by atoms with van der Waals surface area (Å²) >= 11 is 5.87. The van der Waals surface area contributed by atoms with Crippen LogP contribution < -0.4 is 10.6 Å². The minimum atomic E-state index is -0.332. The molecule has 0 saturated heterocycles. The Bertz CT molecular complexity index is 469. The van der Waals surface area contributed by atoms with E-state index >= 15 is 0 Å². The van der Waals surface area contributed by atoms with E-state index in [1.807, 2.05) is 20.8 Å². The van der Waals surface area contributed by atoms with Crippen molar-refractivity contribution in [3.8, 4) is 0 Å². The zero-order valence-corrected chi connectivity index (χ0v) is 12.0. The second kappa shape index (κ2) is 6.52. The van der Waals surface area contributed by atoms with Crippen molar-refractivity contribution in [2.75, 3.05) is 6.54 Å².